The van der Waals surface area contributed by atoms with E-state index in [0.717, 1.165) is 0 Å². The number of carbonyl (C=O) groups excluding carboxylic acids is 2. The van der Waals surface area contributed by atoms with E-state index in [9.17, 15) is 14.7 Å². The molecule has 0 fully saturated rings. The van der Waals surface area contributed by atoms with Crippen LogP contribution in [0.4, 0.5) is 0 Å². The molecule has 1 heterocycles. The Morgan fingerprint density at radius 3 is 2.50 bits per heavy atom. The Morgan fingerprint density at radius 1 is 1.38 bits per heavy atom. The Hall–Kier alpha value is -1.91. The van der Waals surface area contributed by atoms with Crippen molar-refractivity contribution in [2.24, 2.45) is 5.92 Å². The van der Waals surface area contributed by atoms with Crippen molar-refractivity contribution in [3.05, 3.63) is 30.1 Å². The number of nitrogens with zero attached hydrogens (tertiary/aromatic N) is 1. The first kappa shape index (κ1) is 12.2. The Kier molecular flexibility index (Phi) is 3.99. The van der Waals surface area contributed by atoms with Crippen molar-refractivity contribution in [1.29, 1.82) is 0 Å². The van der Waals surface area contributed by atoms with Gasteiger partial charge in [-0.05, 0) is 18.1 Å². The average molecular weight is 221 g/mol. The highest BCUT2D eigenvalue weighted by Crippen LogP contribution is 2.02. The maximum Gasteiger partial charge on any atom is 0.270 e. The molecule has 1 aromatic heterocycles. The molecular formula is C11H13N2O3-. The fourth-order valence-electron chi connectivity index (χ4n) is 1.21. The topological polar surface area (TPSA) is 82.1 Å². The summed E-state index contributed by atoms with van der Waals surface area (Å²) in [4.78, 5) is 26.2. The largest absolute Gasteiger partial charge is 0.548 e. The van der Waals surface area contributed by atoms with Crippen LogP contribution in [0, 0.1) is 5.92 Å². The van der Waals surface area contributed by atoms with E-state index < -0.39 is 17.9 Å². The number of pyridine rings is 1. The molecule has 16 heavy (non-hydrogen) atoms. The van der Waals surface area contributed by atoms with E-state index in [1.54, 1.807) is 26.0 Å². The second-order valence-corrected chi connectivity index (χ2v) is 3.73. The summed E-state index contributed by atoms with van der Waals surface area (Å²) in [5.74, 6) is -2.04. The number of aliphatic carboxylic acids is 1. The summed E-state index contributed by atoms with van der Waals surface area (Å²) in [5.41, 5.74) is 0.189. The van der Waals surface area contributed by atoms with Crippen LogP contribution in [0.25, 0.3) is 0 Å². The van der Waals surface area contributed by atoms with E-state index in [-0.39, 0.29) is 11.6 Å². The van der Waals surface area contributed by atoms with Gasteiger partial charge in [-0.3, -0.25) is 9.78 Å². The summed E-state index contributed by atoms with van der Waals surface area (Å²) in [7, 11) is 0. The molecule has 86 valence electrons. The number of hydrogen-bond donors (Lipinski definition) is 1. The Balaban J connectivity index is 2.74. The molecular weight excluding hydrogens is 208 g/mol. The van der Waals surface area contributed by atoms with Gasteiger partial charge in [0.25, 0.3) is 5.91 Å². The summed E-state index contributed by atoms with van der Waals surface area (Å²) >= 11 is 0. The zero-order valence-corrected chi connectivity index (χ0v) is 9.14. The van der Waals surface area contributed by atoms with Crippen molar-refractivity contribution >= 4 is 11.9 Å². The van der Waals surface area contributed by atoms with Crippen molar-refractivity contribution < 1.29 is 14.7 Å². The smallest absolute Gasteiger partial charge is 0.270 e. The van der Waals surface area contributed by atoms with Crippen LogP contribution in [-0.2, 0) is 4.79 Å². The molecule has 0 aliphatic heterocycles. The van der Waals surface area contributed by atoms with Gasteiger partial charge in [0.05, 0.1) is 12.0 Å². The molecule has 0 spiro atoms. The normalized spacial score (nSPS) is 12.2. The number of carboxylic acid groups (broad SMARTS) is 1. The first-order valence-corrected chi connectivity index (χ1v) is 4.95. The predicted octanol–water partition coefficient (Wildman–Crippen LogP) is -0.414. The molecule has 1 atom stereocenters. The Morgan fingerprint density at radius 2 is 2.06 bits per heavy atom. The molecule has 0 aliphatic rings. The van der Waals surface area contributed by atoms with Crippen LogP contribution in [0.2, 0.25) is 0 Å². The molecule has 0 saturated carbocycles. The summed E-state index contributed by atoms with van der Waals surface area (Å²) < 4.78 is 0. The van der Waals surface area contributed by atoms with Gasteiger partial charge < -0.3 is 15.2 Å². The van der Waals surface area contributed by atoms with Crippen LogP contribution in [-0.4, -0.2) is 22.9 Å². The summed E-state index contributed by atoms with van der Waals surface area (Å²) in [6, 6.07) is 3.84. The quantitative estimate of drug-likeness (QED) is 0.749. The number of carbonyl (C=O) groups is 2. The van der Waals surface area contributed by atoms with E-state index in [1.807, 2.05) is 0 Å². The van der Waals surface area contributed by atoms with Crippen LogP contribution >= 0.6 is 0 Å². The van der Waals surface area contributed by atoms with Gasteiger partial charge in [0.15, 0.2) is 0 Å². The Labute approximate surface area is 93.5 Å². The maximum absolute atomic E-state index is 11.6. The molecule has 0 aromatic carbocycles. The van der Waals surface area contributed by atoms with Crippen molar-refractivity contribution in [3.8, 4) is 0 Å². The first-order valence-electron chi connectivity index (χ1n) is 4.95. The second-order valence-electron chi connectivity index (χ2n) is 3.73. The minimum Gasteiger partial charge on any atom is -0.548 e. The monoisotopic (exact) mass is 221 g/mol. The van der Waals surface area contributed by atoms with Gasteiger partial charge in [0, 0.05) is 6.20 Å². The van der Waals surface area contributed by atoms with Gasteiger partial charge in [-0.2, -0.15) is 0 Å². The van der Waals surface area contributed by atoms with E-state index in [4.69, 9.17) is 0 Å². The molecule has 0 unspecified atom stereocenters. The third-order valence-corrected chi connectivity index (χ3v) is 2.10. The van der Waals surface area contributed by atoms with Gasteiger partial charge in [0.2, 0.25) is 0 Å². The number of hydrogen-bond acceptors (Lipinski definition) is 4. The second kappa shape index (κ2) is 5.25. The number of rotatable bonds is 4. The van der Waals surface area contributed by atoms with Gasteiger partial charge in [-0.25, -0.2) is 0 Å². The number of aromatic nitrogens is 1. The standard InChI is InChI=1S/C11H14N2O3/c1-7(2)9(11(15)16)13-10(14)8-5-3-4-6-12-8/h3-7,9H,1-2H3,(H,13,14)(H,15,16)/p-1/t9-/m1/s1. The zero-order valence-electron chi connectivity index (χ0n) is 9.14. The van der Waals surface area contributed by atoms with Crippen molar-refractivity contribution in [2.75, 3.05) is 0 Å². The molecule has 0 saturated heterocycles. The average Bonchev–Trinajstić information content (AvgIpc) is 2.25. The highest BCUT2D eigenvalue weighted by Gasteiger charge is 2.18. The van der Waals surface area contributed by atoms with Crippen LogP contribution in [0.15, 0.2) is 24.4 Å². The molecule has 1 aromatic rings. The lowest BCUT2D eigenvalue weighted by Crippen LogP contribution is -2.50. The maximum atomic E-state index is 11.6. The summed E-state index contributed by atoms with van der Waals surface area (Å²) in [6.07, 6.45) is 1.47. The highest BCUT2D eigenvalue weighted by molar-refractivity contribution is 5.94. The third-order valence-electron chi connectivity index (χ3n) is 2.10. The van der Waals surface area contributed by atoms with Gasteiger partial charge in [0.1, 0.15) is 5.69 Å². The number of carboxylic acids is 1. The molecule has 1 rings (SSSR count). The lowest BCUT2D eigenvalue weighted by Gasteiger charge is -2.22. The van der Waals surface area contributed by atoms with Gasteiger partial charge >= 0.3 is 0 Å². The third kappa shape index (κ3) is 3.05. The molecule has 5 nitrogen and oxygen atoms in total. The van der Waals surface area contributed by atoms with Crippen LogP contribution in [0.3, 0.4) is 0 Å². The lowest BCUT2D eigenvalue weighted by atomic mass is 10.0. The fourth-order valence-corrected chi connectivity index (χ4v) is 1.21. The number of amides is 1. The number of nitrogens with one attached hydrogen (secondary N) is 1. The molecule has 0 radical (unpaired) electrons. The van der Waals surface area contributed by atoms with Crippen LogP contribution < -0.4 is 10.4 Å². The SMILES string of the molecule is CC(C)[C@@H](NC(=O)c1ccccn1)C(=O)[O-]. The van der Waals surface area contributed by atoms with Crippen molar-refractivity contribution in [1.82, 2.24) is 10.3 Å². The summed E-state index contributed by atoms with van der Waals surface area (Å²) in [5, 5.41) is 13.1. The molecule has 1 N–H and O–H groups in total. The van der Waals surface area contributed by atoms with Gasteiger partial charge in [-0.1, -0.05) is 19.9 Å². The van der Waals surface area contributed by atoms with E-state index in [1.165, 1.54) is 12.3 Å². The molecule has 1 amide bonds. The van der Waals surface area contributed by atoms with Crippen molar-refractivity contribution in [2.45, 2.75) is 19.9 Å². The molecule has 5 heteroatoms. The zero-order chi connectivity index (χ0) is 12.1. The van der Waals surface area contributed by atoms with Crippen LogP contribution in [0.1, 0.15) is 24.3 Å². The minimum absolute atomic E-state index is 0.189. The van der Waals surface area contributed by atoms with E-state index in [0.29, 0.717) is 0 Å². The lowest BCUT2D eigenvalue weighted by molar-refractivity contribution is -0.309. The fraction of sp³-hybridized carbons (Fsp3) is 0.364. The predicted molar refractivity (Wildman–Crippen MR) is 55.3 cm³/mol. The van der Waals surface area contributed by atoms with E-state index >= 15 is 0 Å². The Bertz CT molecular complexity index is 376. The molecule has 0 aliphatic carbocycles. The van der Waals surface area contributed by atoms with Crippen LogP contribution in [0.5, 0.6) is 0 Å². The highest BCUT2D eigenvalue weighted by atomic mass is 16.4. The van der Waals surface area contributed by atoms with Crippen molar-refractivity contribution in [3.63, 3.8) is 0 Å². The van der Waals surface area contributed by atoms with E-state index in [2.05, 4.69) is 10.3 Å². The first-order chi connectivity index (χ1) is 7.52. The summed E-state index contributed by atoms with van der Waals surface area (Å²) in [6.45, 7) is 3.39. The van der Waals surface area contributed by atoms with Gasteiger partial charge in [-0.15, -0.1) is 0 Å². The molecule has 0 bridgehead atoms. The minimum atomic E-state index is -1.29.